The Hall–Kier alpha value is -1.74. The number of aliphatic hydroxyl groups excluding tert-OH is 3. The van der Waals surface area contributed by atoms with Crippen LogP contribution in [0, 0.1) is 23.2 Å². The smallest absolute Gasteiger partial charge is 0.336 e. The molecule has 0 bridgehead atoms. The number of esters is 2. The minimum absolute atomic E-state index is 0.0786. The molecule has 28 heavy (non-hydrogen) atoms. The molecule has 0 aromatic heterocycles. The SMILES string of the molecule is C=C(CO)C(=O)OC1CC2(C)C(O)CCC3C(O)OC(C1C(=C)C(=O)OC)C32. The zero-order valence-electron chi connectivity index (χ0n) is 16.2. The molecule has 3 aliphatic rings. The molecule has 3 rings (SSSR count). The van der Waals surface area contributed by atoms with Crippen molar-refractivity contribution in [1.29, 1.82) is 0 Å². The lowest BCUT2D eigenvalue weighted by Gasteiger charge is -2.54. The molecule has 156 valence electrons. The molecule has 3 N–H and O–H groups in total. The molecule has 0 amide bonds. The Morgan fingerprint density at radius 1 is 1.21 bits per heavy atom. The molecule has 8 atom stereocenters. The third-order valence-electron chi connectivity index (χ3n) is 6.76. The fraction of sp³-hybridized carbons (Fsp3) is 0.700. The highest BCUT2D eigenvalue weighted by Gasteiger charge is 2.65. The van der Waals surface area contributed by atoms with Gasteiger partial charge < -0.3 is 29.5 Å². The number of carbonyl (C=O) groups is 2. The van der Waals surface area contributed by atoms with Crippen molar-refractivity contribution >= 4 is 11.9 Å². The summed E-state index contributed by atoms with van der Waals surface area (Å²) in [5.74, 6) is -2.61. The summed E-state index contributed by atoms with van der Waals surface area (Å²) in [7, 11) is 1.23. The van der Waals surface area contributed by atoms with Gasteiger partial charge in [0.15, 0.2) is 6.29 Å². The Morgan fingerprint density at radius 3 is 2.50 bits per heavy atom. The summed E-state index contributed by atoms with van der Waals surface area (Å²) in [5, 5.41) is 30.4. The van der Waals surface area contributed by atoms with Crippen LogP contribution in [0.15, 0.2) is 24.3 Å². The maximum atomic E-state index is 12.3. The lowest BCUT2D eigenvalue weighted by Crippen LogP contribution is -2.59. The zero-order valence-corrected chi connectivity index (χ0v) is 16.2. The predicted molar refractivity (Wildman–Crippen MR) is 96.6 cm³/mol. The molecule has 1 heterocycles. The first-order valence-corrected chi connectivity index (χ1v) is 9.44. The van der Waals surface area contributed by atoms with Crippen LogP contribution in [0.1, 0.15) is 26.2 Å². The quantitative estimate of drug-likeness (QED) is 0.448. The fourth-order valence-electron chi connectivity index (χ4n) is 5.30. The molecule has 0 radical (unpaired) electrons. The molecule has 8 heteroatoms. The third kappa shape index (κ3) is 3.18. The van der Waals surface area contributed by atoms with Gasteiger partial charge >= 0.3 is 11.9 Å². The van der Waals surface area contributed by atoms with Gasteiger partial charge in [0, 0.05) is 22.8 Å². The van der Waals surface area contributed by atoms with Gasteiger partial charge in [0.1, 0.15) is 6.10 Å². The van der Waals surface area contributed by atoms with Gasteiger partial charge in [-0.15, -0.1) is 0 Å². The normalized spacial score (nSPS) is 41.7. The van der Waals surface area contributed by atoms with E-state index < -0.39 is 54.5 Å². The molecule has 2 saturated carbocycles. The van der Waals surface area contributed by atoms with Gasteiger partial charge in [0.25, 0.3) is 0 Å². The molecule has 0 aromatic rings. The maximum Gasteiger partial charge on any atom is 0.336 e. The van der Waals surface area contributed by atoms with Gasteiger partial charge in [0.2, 0.25) is 0 Å². The number of hydrogen-bond donors (Lipinski definition) is 3. The van der Waals surface area contributed by atoms with Crippen LogP contribution in [0.25, 0.3) is 0 Å². The third-order valence-corrected chi connectivity index (χ3v) is 6.76. The highest BCUT2D eigenvalue weighted by atomic mass is 16.6. The van der Waals surface area contributed by atoms with Crippen LogP contribution in [0.5, 0.6) is 0 Å². The standard InChI is InChI=1S/C20H28O8/c1-9(8-21)17(23)27-12-7-20(3)13(22)6-5-11-15(20)16(28-19(11)25)14(12)10(2)18(24)26-4/h11-16,19,21-22,25H,1-2,5-8H2,3-4H3. The van der Waals surface area contributed by atoms with Crippen molar-refractivity contribution in [3.05, 3.63) is 24.3 Å². The van der Waals surface area contributed by atoms with Crippen LogP contribution < -0.4 is 0 Å². The molecule has 8 nitrogen and oxygen atoms in total. The Morgan fingerprint density at radius 2 is 1.89 bits per heavy atom. The summed E-state index contributed by atoms with van der Waals surface area (Å²) in [6, 6.07) is 0. The Kier molecular flexibility index (Phi) is 5.69. The summed E-state index contributed by atoms with van der Waals surface area (Å²) in [6.45, 7) is 8.64. The van der Waals surface area contributed by atoms with Crippen LogP contribution in [0.2, 0.25) is 0 Å². The molecule has 8 unspecified atom stereocenters. The molecule has 0 aromatic carbocycles. The van der Waals surface area contributed by atoms with E-state index in [9.17, 15) is 19.8 Å². The van der Waals surface area contributed by atoms with Gasteiger partial charge in [-0.05, 0) is 19.3 Å². The first kappa shape index (κ1) is 21.0. The molecule has 0 spiro atoms. The minimum atomic E-state index is -1.03. The summed E-state index contributed by atoms with van der Waals surface area (Å²) in [5.41, 5.74) is -0.720. The Balaban J connectivity index is 2.01. The number of carbonyl (C=O) groups excluding carboxylic acids is 2. The van der Waals surface area contributed by atoms with E-state index in [1.807, 2.05) is 6.92 Å². The van der Waals surface area contributed by atoms with Crippen molar-refractivity contribution < 1.29 is 39.1 Å². The molecule has 1 aliphatic heterocycles. The zero-order chi connectivity index (χ0) is 20.8. The van der Waals surface area contributed by atoms with E-state index in [1.54, 1.807) is 0 Å². The second-order valence-electron chi connectivity index (χ2n) is 8.23. The minimum Gasteiger partial charge on any atom is -0.466 e. The molecule has 1 saturated heterocycles. The van der Waals surface area contributed by atoms with E-state index >= 15 is 0 Å². The first-order valence-electron chi connectivity index (χ1n) is 9.44. The number of aliphatic hydroxyl groups is 3. The van der Waals surface area contributed by atoms with Crippen molar-refractivity contribution in [2.45, 2.75) is 50.8 Å². The van der Waals surface area contributed by atoms with Gasteiger partial charge in [0.05, 0.1) is 37.4 Å². The molecular formula is C20H28O8. The summed E-state index contributed by atoms with van der Waals surface area (Å²) >= 11 is 0. The van der Waals surface area contributed by atoms with Crippen LogP contribution in [-0.2, 0) is 23.8 Å². The predicted octanol–water partition coefficient (Wildman–Crippen LogP) is 0.306. The second kappa shape index (κ2) is 7.59. The Labute approximate surface area is 163 Å². The largest absolute Gasteiger partial charge is 0.466 e. The highest BCUT2D eigenvalue weighted by Crippen LogP contribution is 2.60. The van der Waals surface area contributed by atoms with Crippen LogP contribution in [0.4, 0.5) is 0 Å². The topological polar surface area (TPSA) is 123 Å². The summed E-state index contributed by atoms with van der Waals surface area (Å²) < 4.78 is 16.2. The van der Waals surface area contributed by atoms with Crippen molar-refractivity contribution in [3.63, 3.8) is 0 Å². The van der Waals surface area contributed by atoms with E-state index in [-0.39, 0.29) is 29.4 Å². The van der Waals surface area contributed by atoms with Crippen LogP contribution >= 0.6 is 0 Å². The van der Waals surface area contributed by atoms with Gasteiger partial charge in [-0.25, -0.2) is 9.59 Å². The fourth-order valence-corrected chi connectivity index (χ4v) is 5.30. The number of methoxy groups -OCH3 is 1. The van der Waals surface area contributed by atoms with Gasteiger partial charge in [-0.3, -0.25) is 0 Å². The average molecular weight is 396 g/mol. The van der Waals surface area contributed by atoms with Crippen molar-refractivity contribution in [1.82, 2.24) is 0 Å². The van der Waals surface area contributed by atoms with Crippen molar-refractivity contribution in [2.75, 3.05) is 13.7 Å². The van der Waals surface area contributed by atoms with Gasteiger partial charge in [-0.1, -0.05) is 20.1 Å². The first-order chi connectivity index (χ1) is 13.2. The highest BCUT2D eigenvalue weighted by molar-refractivity contribution is 5.89. The van der Waals surface area contributed by atoms with Crippen molar-refractivity contribution in [3.8, 4) is 0 Å². The second-order valence-corrected chi connectivity index (χ2v) is 8.23. The number of hydrogen-bond acceptors (Lipinski definition) is 8. The van der Waals surface area contributed by atoms with E-state index in [0.29, 0.717) is 12.8 Å². The monoisotopic (exact) mass is 396 g/mol. The Bertz CT molecular complexity index is 688. The molecule has 3 fully saturated rings. The van der Waals surface area contributed by atoms with Crippen LogP contribution in [-0.4, -0.2) is 65.6 Å². The van der Waals surface area contributed by atoms with E-state index in [0.717, 1.165) is 0 Å². The lowest BCUT2D eigenvalue weighted by molar-refractivity contribution is -0.183. The molecule has 2 aliphatic carbocycles. The van der Waals surface area contributed by atoms with E-state index in [1.165, 1.54) is 7.11 Å². The van der Waals surface area contributed by atoms with E-state index in [2.05, 4.69) is 13.2 Å². The molecular weight excluding hydrogens is 368 g/mol. The number of rotatable bonds is 5. The summed E-state index contributed by atoms with van der Waals surface area (Å²) in [4.78, 5) is 24.5. The number of ether oxygens (including phenoxy) is 3. The van der Waals surface area contributed by atoms with Crippen molar-refractivity contribution in [2.24, 2.45) is 23.2 Å². The van der Waals surface area contributed by atoms with E-state index in [4.69, 9.17) is 19.3 Å². The average Bonchev–Trinajstić information content (AvgIpc) is 3.00. The lowest BCUT2D eigenvalue weighted by atomic mass is 9.52. The van der Waals surface area contributed by atoms with Crippen LogP contribution in [0.3, 0.4) is 0 Å². The maximum absolute atomic E-state index is 12.3. The van der Waals surface area contributed by atoms with Gasteiger partial charge in [-0.2, -0.15) is 0 Å². The summed E-state index contributed by atoms with van der Waals surface area (Å²) in [6.07, 6.45) is -1.86.